The van der Waals surface area contributed by atoms with Gasteiger partial charge in [0.05, 0.1) is 6.54 Å². The molecule has 5 heteroatoms. The van der Waals surface area contributed by atoms with Crippen molar-refractivity contribution in [2.45, 2.75) is 27.3 Å². The first-order chi connectivity index (χ1) is 7.27. The van der Waals surface area contributed by atoms with Crippen molar-refractivity contribution in [2.24, 2.45) is 4.99 Å². The maximum atomic E-state index is 4.51. The van der Waals surface area contributed by atoms with Crippen LogP contribution in [0.2, 0.25) is 0 Å². The first-order valence-corrected chi connectivity index (χ1v) is 6.21. The standard InChI is InChI=1S/C11H19N3S.HI/c1-4-12-11(13-5-2)14-8-10-9(3)6-7-15-10;/h6-7H,4-5,8H2,1-3H3,(H2,12,13,14);1H. The van der Waals surface area contributed by atoms with Gasteiger partial charge in [-0.15, -0.1) is 35.3 Å². The third kappa shape index (κ3) is 5.16. The number of halogens is 1. The van der Waals surface area contributed by atoms with E-state index in [1.807, 2.05) is 0 Å². The number of thiophene rings is 1. The zero-order valence-corrected chi connectivity index (χ0v) is 13.2. The average molecular weight is 353 g/mol. The second-order valence-electron chi connectivity index (χ2n) is 3.25. The Balaban J connectivity index is 0.00000225. The molecule has 0 unspecified atom stereocenters. The quantitative estimate of drug-likeness (QED) is 0.496. The van der Waals surface area contributed by atoms with Gasteiger partial charge in [0, 0.05) is 18.0 Å². The van der Waals surface area contributed by atoms with E-state index in [-0.39, 0.29) is 24.0 Å². The van der Waals surface area contributed by atoms with Crippen molar-refractivity contribution >= 4 is 41.3 Å². The summed E-state index contributed by atoms with van der Waals surface area (Å²) >= 11 is 1.77. The molecule has 0 aliphatic rings. The molecule has 0 saturated heterocycles. The molecule has 0 radical (unpaired) electrons. The van der Waals surface area contributed by atoms with Crippen molar-refractivity contribution < 1.29 is 0 Å². The third-order valence-electron chi connectivity index (χ3n) is 2.04. The van der Waals surface area contributed by atoms with Crippen molar-refractivity contribution in [3.05, 3.63) is 21.9 Å². The minimum atomic E-state index is 0. The average Bonchev–Trinajstić information content (AvgIpc) is 2.61. The van der Waals surface area contributed by atoms with Crippen molar-refractivity contribution in [2.75, 3.05) is 13.1 Å². The fourth-order valence-electron chi connectivity index (χ4n) is 1.23. The van der Waals surface area contributed by atoms with Crippen molar-refractivity contribution in [3.8, 4) is 0 Å². The van der Waals surface area contributed by atoms with Gasteiger partial charge in [0.25, 0.3) is 0 Å². The maximum absolute atomic E-state index is 4.51. The summed E-state index contributed by atoms with van der Waals surface area (Å²) in [5.74, 6) is 0.896. The Morgan fingerprint density at radius 3 is 2.38 bits per heavy atom. The van der Waals surface area contributed by atoms with Gasteiger partial charge in [0.15, 0.2) is 5.96 Å². The highest BCUT2D eigenvalue weighted by Crippen LogP contribution is 2.16. The minimum Gasteiger partial charge on any atom is -0.357 e. The molecule has 0 bridgehead atoms. The van der Waals surface area contributed by atoms with Crippen molar-refractivity contribution in [1.82, 2.24) is 10.6 Å². The Morgan fingerprint density at radius 1 is 1.31 bits per heavy atom. The molecule has 2 N–H and O–H groups in total. The molecule has 3 nitrogen and oxygen atoms in total. The van der Waals surface area contributed by atoms with Crippen LogP contribution >= 0.6 is 35.3 Å². The Hall–Kier alpha value is -0.300. The van der Waals surface area contributed by atoms with Crippen LogP contribution in [0.25, 0.3) is 0 Å². The molecule has 0 saturated carbocycles. The second kappa shape index (κ2) is 8.81. The SMILES string of the molecule is CCNC(=NCc1sccc1C)NCC.I. The van der Waals surface area contributed by atoms with Crippen LogP contribution in [0.3, 0.4) is 0 Å². The molecule has 16 heavy (non-hydrogen) atoms. The summed E-state index contributed by atoms with van der Waals surface area (Å²) in [6, 6.07) is 2.13. The third-order valence-corrected chi connectivity index (χ3v) is 3.05. The summed E-state index contributed by atoms with van der Waals surface area (Å²) in [7, 11) is 0. The summed E-state index contributed by atoms with van der Waals surface area (Å²) in [4.78, 5) is 5.85. The lowest BCUT2D eigenvalue weighted by Gasteiger charge is -2.08. The first kappa shape index (κ1) is 15.7. The molecule has 0 spiro atoms. The summed E-state index contributed by atoms with van der Waals surface area (Å²) in [6.45, 7) is 8.83. The first-order valence-electron chi connectivity index (χ1n) is 5.33. The molecule has 1 aromatic heterocycles. The number of rotatable bonds is 4. The molecule has 92 valence electrons. The summed E-state index contributed by atoms with van der Waals surface area (Å²) in [5, 5.41) is 8.53. The number of nitrogens with zero attached hydrogens (tertiary/aromatic N) is 1. The van der Waals surface area contributed by atoms with Gasteiger partial charge < -0.3 is 10.6 Å². The summed E-state index contributed by atoms with van der Waals surface area (Å²) in [5.41, 5.74) is 1.33. The van der Waals surface area contributed by atoms with E-state index in [0.29, 0.717) is 0 Å². The summed E-state index contributed by atoms with van der Waals surface area (Å²) in [6.07, 6.45) is 0. The zero-order valence-electron chi connectivity index (χ0n) is 10.0. The largest absolute Gasteiger partial charge is 0.357 e. The van der Waals surface area contributed by atoms with E-state index < -0.39 is 0 Å². The predicted octanol–water partition coefficient (Wildman–Crippen LogP) is 2.75. The lowest BCUT2D eigenvalue weighted by atomic mass is 10.3. The van der Waals surface area contributed by atoms with Crippen LogP contribution in [0.15, 0.2) is 16.4 Å². The lowest BCUT2D eigenvalue weighted by Crippen LogP contribution is -2.36. The molecule has 0 fully saturated rings. The maximum Gasteiger partial charge on any atom is 0.191 e. The highest BCUT2D eigenvalue weighted by atomic mass is 127. The van der Waals surface area contributed by atoms with E-state index in [1.54, 1.807) is 11.3 Å². The van der Waals surface area contributed by atoms with Gasteiger partial charge in [-0.3, -0.25) is 0 Å². The molecule has 0 atom stereocenters. The van der Waals surface area contributed by atoms with Crippen LogP contribution in [0.4, 0.5) is 0 Å². The minimum absolute atomic E-state index is 0. The molecule has 1 aromatic rings. The van der Waals surface area contributed by atoms with Gasteiger partial charge in [-0.2, -0.15) is 0 Å². The highest BCUT2D eigenvalue weighted by molar-refractivity contribution is 14.0. The molecular weight excluding hydrogens is 333 g/mol. The Labute approximate surface area is 119 Å². The predicted molar refractivity (Wildman–Crippen MR) is 83.0 cm³/mol. The van der Waals surface area contributed by atoms with Gasteiger partial charge in [0.2, 0.25) is 0 Å². The Kier molecular flexibility index (Phi) is 8.64. The van der Waals surface area contributed by atoms with Crippen LogP contribution < -0.4 is 10.6 Å². The number of guanidine groups is 1. The van der Waals surface area contributed by atoms with E-state index in [2.05, 4.69) is 47.8 Å². The smallest absolute Gasteiger partial charge is 0.191 e. The molecule has 1 rings (SSSR count). The normalized spacial score (nSPS) is 9.19. The van der Waals surface area contributed by atoms with Crippen LogP contribution in [-0.4, -0.2) is 19.0 Å². The van der Waals surface area contributed by atoms with Crippen LogP contribution in [-0.2, 0) is 6.54 Å². The number of hydrogen-bond acceptors (Lipinski definition) is 2. The highest BCUT2D eigenvalue weighted by Gasteiger charge is 1.99. The molecule has 1 heterocycles. The van der Waals surface area contributed by atoms with Crippen molar-refractivity contribution in [3.63, 3.8) is 0 Å². The van der Waals surface area contributed by atoms with E-state index in [4.69, 9.17) is 0 Å². The zero-order chi connectivity index (χ0) is 11.1. The molecule has 0 aliphatic heterocycles. The lowest BCUT2D eigenvalue weighted by molar-refractivity contribution is 0.841. The number of hydrogen-bond donors (Lipinski definition) is 2. The van der Waals surface area contributed by atoms with Gasteiger partial charge in [-0.25, -0.2) is 4.99 Å². The van der Waals surface area contributed by atoms with E-state index in [0.717, 1.165) is 25.6 Å². The monoisotopic (exact) mass is 353 g/mol. The Morgan fingerprint density at radius 2 is 1.94 bits per heavy atom. The van der Waals surface area contributed by atoms with E-state index in [1.165, 1.54) is 10.4 Å². The topological polar surface area (TPSA) is 36.4 Å². The molecular formula is C11H20IN3S. The number of aryl methyl sites for hydroxylation is 1. The summed E-state index contributed by atoms with van der Waals surface area (Å²) < 4.78 is 0. The van der Waals surface area contributed by atoms with E-state index >= 15 is 0 Å². The van der Waals surface area contributed by atoms with Gasteiger partial charge in [-0.1, -0.05) is 0 Å². The molecule has 0 aliphatic carbocycles. The fourth-order valence-corrected chi connectivity index (χ4v) is 2.06. The van der Waals surface area contributed by atoms with Gasteiger partial charge >= 0.3 is 0 Å². The van der Waals surface area contributed by atoms with Gasteiger partial charge in [0.1, 0.15) is 0 Å². The van der Waals surface area contributed by atoms with Crippen LogP contribution in [0.1, 0.15) is 24.3 Å². The molecule has 0 amide bonds. The van der Waals surface area contributed by atoms with Crippen LogP contribution in [0.5, 0.6) is 0 Å². The second-order valence-corrected chi connectivity index (χ2v) is 4.25. The molecule has 0 aromatic carbocycles. The van der Waals surface area contributed by atoms with E-state index in [9.17, 15) is 0 Å². The Bertz CT molecular complexity index is 315. The van der Waals surface area contributed by atoms with Crippen molar-refractivity contribution in [1.29, 1.82) is 0 Å². The fraction of sp³-hybridized carbons (Fsp3) is 0.545. The van der Waals surface area contributed by atoms with Crippen LogP contribution in [0, 0.1) is 6.92 Å². The number of nitrogens with one attached hydrogen (secondary N) is 2. The number of aliphatic imine (C=N–C) groups is 1. The van der Waals surface area contributed by atoms with Gasteiger partial charge in [-0.05, 0) is 37.8 Å².